The number of amides is 1. The van der Waals surface area contributed by atoms with Crippen LogP contribution in [0, 0.1) is 5.92 Å². The Morgan fingerprint density at radius 2 is 2.11 bits per heavy atom. The molecule has 1 saturated heterocycles. The second-order valence-corrected chi connectivity index (χ2v) is 4.70. The highest BCUT2D eigenvalue weighted by Gasteiger charge is 2.33. The van der Waals surface area contributed by atoms with Gasteiger partial charge in [0.15, 0.2) is 0 Å². The average Bonchev–Trinajstić information content (AvgIpc) is 2.79. The molecule has 2 rings (SSSR count). The van der Waals surface area contributed by atoms with Crippen LogP contribution in [0.5, 0.6) is 5.75 Å². The molecule has 4 heteroatoms. The van der Waals surface area contributed by atoms with Crippen molar-refractivity contribution in [2.75, 3.05) is 20.2 Å². The summed E-state index contributed by atoms with van der Waals surface area (Å²) in [6.45, 7) is 3.30. The quantitative estimate of drug-likeness (QED) is 0.879. The van der Waals surface area contributed by atoms with Gasteiger partial charge < -0.3 is 15.4 Å². The van der Waals surface area contributed by atoms with Gasteiger partial charge in [-0.1, -0.05) is 12.1 Å². The number of carbonyl (C=O) groups is 1. The topological polar surface area (TPSA) is 55.6 Å². The summed E-state index contributed by atoms with van der Waals surface area (Å²) in [7, 11) is 1.65. The summed E-state index contributed by atoms with van der Waals surface area (Å²) in [4.78, 5) is 14.0. The van der Waals surface area contributed by atoms with Gasteiger partial charge in [-0.3, -0.25) is 4.79 Å². The maximum absolute atomic E-state index is 12.1. The zero-order valence-electron chi connectivity index (χ0n) is 10.9. The van der Waals surface area contributed by atoms with Crippen molar-refractivity contribution in [3.8, 4) is 5.75 Å². The Morgan fingerprint density at radius 3 is 2.61 bits per heavy atom. The van der Waals surface area contributed by atoms with Gasteiger partial charge in [0.25, 0.3) is 0 Å². The van der Waals surface area contributed by atoms with Crippen molar-refractivity contribution in [1.29, 1.82) is 0 Å². The molecule has 0 aromatic heterocycles. The van der Waals surface area contributed by atoms with E-state index in [0.29, 0.717) is 6.54 Å². The van der Waals surface area contributed by atoms with E-state index in [1.54, 1.807) is 7.11 Å². The van der Waals surface area contributed by atoms with Gasteiger partial charge in [0.1, 0.15) is 5.75 Å². The number of nitrogens with zero attached hydrogens (tertiary/aromatic N) is 1. The molecule has 18 heavy (non-hydrogen) atoms. The number of rotatable bonds is 4. The van der Waals surface area contributed by atoms with E-state index in [0.717, 1.165) is 24.3 Å². The molecule has 1 aliphatic rings. The third-order valence-electron chi connectivity index (χ3n) is 3.70. The highest BCUT2D eigenvalue weighted by atomic mass is 16.5. The van der Waals surface area contributed by atoms with Crippen molar-refractivity contribution in [2.45, 2.75) is 19.4 Å². The van der Waals surface area contributed by atoms with E-state index in [9.17, 15) is 4.79 Å². The van der Waals surface area contributed by atoms with Crippen molar-refractivity contribution in [3.63, 3.8) is 0 Å². The second-order valence-electron chi connectivity index (χ2n) is 4.70. The smallest absolute Gasteiger partial charge is 0.227 e. The molecule has 1 heterocycles. The maximum atomic E-state index is 12.1. The first-order chi connectivity index (χ1) is 8.67. The molecule has 2 N–H and O–H groups in total. The normalized spacial score (nSPS) is 21.2. The molecular weight excluding hydrogens is 228 g/mol. The summed E-state index contributed by atoms with van der Waals surface area (Å²) >= 11 is 0. The van der Waals surface area contributed by atoms with Gasteiger partial charge in [-0.15, -0.1) is 0 Å². The minimum atomic E-state index is 0.00528. The Labute approximate surface area is 108 Å². The van der Waals surface area contributed by atoms with Gasteiger partial charge in [0.05, 0.1) is 19.1 Å². The van der Waals surface area contributed by atoms with Crippen LogP contribution in [-0.4, -0.2) is 31.0 Å². The fourth-order valence-corrected chi connectivity index (χ4v) is 2.43. The van der Waals surface area contributed by atoms with Crippen LogP contribution in [0.1, 0.15) is 24.9 Å². The van der Waals surface area contributed by atoms with E-state index >= 15 is 0 Å². The lowest BCUT2D eigenvalue weighted by molar-refractivity contribution is -0.132. The van der Waals surface area contributed by atoms with Crippen LogP contribution < -0.4 is 10.5 Å². The van der Waals surface area contributed by atoms with Gasteiger partial charge in [-0.25, -0.2) is 0 Å². The van der Waals surface area contributed by atoms with E-state index in [1.165, 1.54) is 0 Å². The van der Waals surface area contributed by atoms with Crippen LogP contribution in [0.25, 0.3) is 0 Å². The summed E-state index contributed by atoms with van der Waals surface area (Å²) < 4.78 is 5.13. The van der Waals surface area contributed by atoms with Crippen LogP contribution in [0.2, 0.25) is 0 Å². The molecule has 1 aliphatic heterocycles. The van der Waals surface area contributed by atoms with Crippen LogP contribution >= 0.6 is 0 Å². The number of benzene rings is 1. The highest BCUT2D eigenvalue weighted by molar-refractivity contribution is 5.81. The Hall–Kier alpha value is -1.55. The van der Waals surface area contributed by atoms with E-state index in [2.05, 4.69) is 6.92 Å². The molecule has 0 bridgehead atoms. The lowest BCUT2D eigenvalue weighted by Gasteiger charge is -2.25. The Kier molecular flexibility index (Phi) is 3.87. The highest BCUT2D eigenvalue weighted by Crippen LogP contribution is 2.28. The van der Waals surface area contributed by atoms with Crippen molar-refractivity contribution < 1.29 is 9.53 Å². The number of ether oxygens (including phenoxy) is 1. The third-order valence-corrected chi connectivity index (χ3v) is 3.70. The van der Waals surface area contributed by atoms with Crippen LogP contribution in [-0.2, 0) is 4.79 Å². The number of nitrogens with two attached hydrogens (primary N) is 1. The Bertz CT molecular complexity index is 416. The zero-order valence-corrected chi connectivity index (χ0v) is 10.9. The first-order valence-corrected chi connectivity index (χ1v) is 6.32. The van der Waals surface area contributed by atoms with Crippen molar-refractivity contribution in [2.24, 2.45) is 11.7 Å². The Balaban J connectivity index is 2.11. The van der Waals surface area contributed by atoms with Gasteiger partial charge in [0.2, 0.25) is 5.91 Å². The molecule has 0 unspecified atom stereocenters. The molecule has 0 saturated carbocycles. The first kappa shape index (κ1) is 12.9. The van der Waals surface area contributed by atoms with Gasteiger partial charge >= 0.3 is 0 Å². The summed E-state index contributed by atoms with van der Waals surface area (Å²) in [5, 5.41) is 0. The van der Waals surface area contributed by atoms with Crippen molar-refractivity contribution >= 4 is 5.91 Å². The molecule has 0 aliphatic carbocycles. The summed E-state index contributed by atoms with van der Waals surface area (Å²) in [6.07, 6.45) is 0.871. The molecule has 98 valence electrons. The number of hydrogen-bond donors (Lipinski definition) is 1. The van der Waals surface area contributed by atoms with E-state index in [-0.39, 0.29) is 17.9 Å². The average molecular weight is 248 g/mol. The molecule has 1 amide bonds. The number of methoxy groups -OCH3 is 1. The van der Waals surface area contributed by atoms with E-state index in [1.807, 2.05) is 29.2 Å². The summed E-state index contributed by atoms with van der Waals surface area (Å²) in [6, 6.07) is 7.96. The number of hydrogen-bond acceptors (Lipinski definition) is 3. The zero-order chi connectivity index (χ0) is 13.1. The summed E-state index contributed by atoms with van der Waals surface area (Å²) in [5.74, 6) is 1.02. The van der Waals surface area contributed by atoms with Crippen molar-refractivity contribution in [3.05, 3.63) is 29.8 Å². The van der Waals surface area contributed by atoms with Crippen molar-refractivity contribution in [1.82, 2.24) is 4.90 Å². The summed E-state index contributed by atoms with van der Waals surface area (Å²) in [5.41, 5.74) is 6.73. The molecular formula is C14H20N2O2. The maximum Gasteiger partial charge on any atom is 0.227 e. The minimum absolute atomic E-state index is 0.00528. The largest absolute Gasteiger partial charge is 0.497 e. The number of carbonyl (C=O) groups excluding carboxylic acids is 1. The standard InChI is InChI=1S/C14H20N2O2/c1-10(11-3-5-13(18-2)6-4-11)16-8-7-12(9-15)14(16)17/h3-6,10,12H,7-9,15H2,1-2H3/t10-,12+/m1/s1. The minimum Gasteiger partial charge on any atom is -0.497 e. The van der Waals surface area contributed by atoms with Crippen LogP contribution in [0.4, 0.5) is 0 Å². The first-order valence-electron chi connectivity index (χ1n) is 6.32. The lowest BCUT2D eigenvalue weighted by atomic mass is 10.1. The van der Waals surface area contributed by atoms with E-state index in [4.69, 9.17) is 10.5 Å². The van der Waals surface area contributed by atoms with Gasteiger partial charge in [-0.2, -0.15) is 0 Å². The fourth-order valence-electron chi connectivity index (χ4n) is 2.43. The molecule has 1 fully saturated rings. The van der Waals surface area contributed by atoms with E-state index < -0.39 is 0 Å². The van der Waals surface area contributed by atoms with Crippen LogP contribution in [0.3, 0.4) is 0 Å². The second kappa shape index (κ2) is 5.40. The molecule has 2 atom stereocenters. The monoisotopic (exact) mass is 248 g/mol. The molecule has 1 aromatic carbocycles. The molecule has 0 radical (unpaired) electrons. The van der Waals surface area contributed by atoms with Gasteiger partial charge in [0, 0.05) is 13.1 Å². The van der Waals surface area contributed by atoms with Crippen LogP contribution in [0.15, 0.2) is 24.3 Å². The number of likely N-dealkylation sites (tertiary alicyclic amines) is 1. The predicted octanol–water partition coefficient (Wildman–Crippen LogP) is 1.56. The molecule has 0 spiro atoms. The molecule has 4 nitrogen and oxygen atoms in total. The predicted molar refractivity (Wildman–Crippen MR) is 70.3 cm³/mol. The third kappa shape index (κ3) is 2.34. The molecule has 1 aromatic rings. The SMILES string of the molecule is COc1ccc([C@@H](C)N2CC[C@@H](CN)C2=O)cc1. The Morgan fingerprint density at radius 1 is 1.44 bits per heavy atom. The fraction of sp³-hybridized carbons (Fsp3) is 0.500. The lowest BCUT2D eigenvalue weighted by Crippen LogP contribution is -2.32. The van der Waals surface area contributed by atoms with Gasteiger partial charge in [-0.05, 0) is 31.0 Å².